The van der Waals surface area contributed by atoms with Gasteiger partial charge in [0.1, 0.15) is 0 Å². The van der Waals surface area contributed by atoms with Crippen LogP contribution in [0.1, 0.15) is 12.5 Å². The lowest BCUT2D eigenvalue weighted by Gasteiger charge is -2.15. The van der Waals surface area contributed by atoms with Gasteiger partial charge < -0.3 is 15.5 Å². The minimum Gasteiger partial charge on any atom is -0.322 e. The number of nitrogens with one attached hydrogen (secondary N) is 3. The molecule has 0 saturated carbocycles. The van der Waals surface area contributed by atoms with Crippen LogP contribution in [0.2, 0.25) is 0 Å². The average Bonchev–Trinajstić information content (AvgIpc) is 2.54. The second kappa shape index (κ2) is 9.34. The van der Waals surface area contributed by atoms with E-state index in [9.17, 15) is 9.59 Å². The van der Waals surface area contributed by atoms with Crippen molar-refractivity contribution in [3.05, 3.63) is 58.6 Å². The second-order valence-corrected chi connectivity index (χ2v) is 6.84. The maximum Gasteiger partial charge on any atom is 0.279 e. The maximum absolute atomic E-state index is 12.2. The number of quaternary nitrogens is 1. The van der Waals surface area contributed by atoms with Gasteiger partial charge in [0.2, 0.25) is 0 Å². The molecule has 1 unspecified atom stereocenters. The molecule has 2 aromatic rings. The van der Waals surface area contributed by atoms with Gasteiger partial charge in [0.05, 0.1) is 7.05 Å². The monoisotopic (exact) mass is 404 g/mol. The van der Waals surface area contributed by atoms with Crippen molar-refractivity contribution in [2.45, 2.75) is 13.3 Å². The quantitative estimate of drug-likeness (QED) is 0.661. The van der Waals surface area contributed by atoms with Crippen LogP contribution in [0.4, 0.5) is 11.4 Å². The second-order valence-electron chi connectivity index (χ2n) is 5.93. The lowest BCUT2D eigenvalue weighted by atomic mass is 10.1. The molecule has 0 fully saturated rings. The molecule has 0 heterocycles. The first kappa shape index (κ1) is 19.1. The van der Waals surface area contributed by atoms with Gasteiger partial charge in [-0.2, -0.15) is 0 Å². The highest BCUT2D eigenvalue weighted by molar-refractivity contribution is 9.10. The van der Waals surface area contributed by atoms with Crippen LogP contribution in [0.5, 0.6) is 0 Å². The van der Waals surface area contributed by atoms with Gasteiger partial charge in [0.15, 0.2) is 13.1 Å². The van der Waals surface area contributed by atoms with Crippen molar-refractivity contribution < 1.29 is 14.5 Å². The highest BCUT2D eigenvalue weighted by Gasteiger charge is 2.15. The summed E-state index contributed by atoms with van der Waals surface area (Å²) >= 11 is 3.37. The summed E-state index contributed by atoms with van der Waals surface area (Å²) < 4.78 is 0.903. The van der Waals surface area contributed by atoms with Crippen LogP contribution in [0.15, 0.2) is 53.0 Å². The number of para-hydroxylation sites is 1. The van der Waals surface area contributed by atoms with E-state index in [1.54, 1.807) is 0 Å². The van der Waals surface area contributed by atoms with E-state index in [4.69, 9.17) is 0 Å². The maximum atomic E-state index is 12.2. The minimum absolute atomic E-state index is 0.103. The molecule has 25 heavy (non-hydrogen) atoms. The first-order valence-electron chi connectivity index (χ1n) is 8.22. The normalized spacial score (nSPS) is 11.6. The Hall–Kier alpha value is -2.18. The Balaban J connectivity index is 1.83. The highest BCUT2D eigenvalue weighted by atomic mass is 79.9. The fraction of sp³-hybridized carbons (Fsp3) is 0.263. The van der Waals surface area contributed by atoms with E-state index >= 15 is 0 Å². The Morgan fingerprint density at radius 3 is 2.36 bits per heavy atom. The van der Waals surface area contributed by atoms with Crippen molar-refractivity contribution in [3.8, 4) is 0 Å². The number of likely N-dealkylation sites (N-methyl/N-ethyl adjacent to an activating group) is 1. The van der Waals surface area contributed by atoms with Gasteiger partial charge in [-0.15, -0.1) is 0 Å². The molecule has 1 atom stereocenters. The van der Waals surface area contributed by atoms with Crippen molar-refractivity contribution in [2.75, 3.05) is 30.8 Å². The molecule has 0 radical (unpaired) electrons. The van der Waals surface area contributed by atoms with E-state index in [1.165, 1.54) is 0 Å². The van der Waals surface area contributed by atoms with Crippen molar-refractivity contribution in [2.24, 2.45) is 0 Å². The summed E-state index contributed by atoms with van der Waals surface area (Å²) in [5.74, 6) is -0.231. The van der Waals surface area contributed by atoms with Gasteiger partial charge in [-0.05, 0) is 36.2 Å². The Labute approximate surface area is 156 Å². The van der Waals surface area contributed by atoms with Crippen LogP contribution in [0, 0.1) is 0 Å². The van der Waals surface area contributed by atoms with E-state index in [-0.39, 0.29) is 24.9 Å². The number of amides is 2. The number of halogens is 1. The number of hydrogen-bond acceptors (Lipinski definition) is 2. The molecule has 5 nitrogen and oxygen atoms in total. The van der Waals surface area contributed by atoms with Crippen LogP contribution in [0.3, 0.4) is 0 Å². The summed E-state index contributed by atoms with van der Waals surface area (Å²) in [5, 5.41) is 5.76. The Kier molecular flexibility index (Phi) is 7.16. The molecule has 3 N–H and O–H groups in total. The van der Waals surface area contributed by atoms with Gasteiger partial charge >= 0.3 is 0 Å². The predicted octanol–water partition coefficient (Wildman–Crippen LogP) is 2.10. The van der Waals surface area contributed by atoms with Crippen LogP contribution in [-0.2, 0) is 16.0 Å². The number of anilines is 2. The van der Waals surface area contributed by atoms with E-state index in [1.807, 2.05) is 55.6 Å². The zero-order valence-electron chi connectivity index (χ0n) is 14.4. The summed E-state index contributed by atoms with van der Waals surface area (Å²) in [6.45, 7) is 2.49. The molecule has 2 rings (SSSR count). The first-order chi connectivity index (χ1) is 12.0. The summed E-state index contributed by atoms with van der Waals surface area (Å²) in [7, 11) is 1.83. The third kappa shape index (κ3) is 6.32. The van der Waals surface area contributed by atoms with Crippen LogP contribution in [0.25, 0.3) is 0 Å². The Morgan fingerprint density at radius 2 is 1.68 bits per heavy atom. The standard InChI is InChI=1S/C19H22BrN3O2/c1-3-14-7-4-5-10-17(14)22-19(25)13-23(2)12-18(24)21-16-9-6-8-15(20)11-16/h4-11H,3,12-13H2,1-2H3,(H,21,24)(H,22,25)/p+1. The zero-order valence-corrected chi connectivity index (χ0v) is 16.0. The largest absolute Gasteiger partial charge is 0.322 e. The molecule has 0 aliphatic rings. The number of aryl methyl sites for hydroxylation is 1. The van der Waals surface area contributed by atoms with Crippen molar-refractivity contribution in [1.82, 2.24) is 0 Å². The lowest BCUT2D eigenvalue weighted by molar-refractivity contribution is -0.862. The van der Waals surface area contributed by atoms with Crippen LogP contribution < -0.4 is 15.5 Å². The molecular weight excluding hydrogens is 382 g/mol. The van der Waals surface area contributed by atoms with Crippen molar-refractivity contribution >= 4 is 39.1 Å². The summed E-state index contributed by atoms with van der Waals surface area (Å²) in [6, 6.07) is 15.2. The molecule has 6 heteroatoms. The zero-order chi connectivity index (χ0) is 18.2. The van der Waals surface area contributed by atoms with Gasteiger partial charge in [0.25, 0.3) is 11.8 Å². The van der Waals surface area contributed by atoms with Crippen molar-refractivity contribution in [3.63, 3.8) is 0 Å². The lowest BCUT2D eigenvalue weighted by Crippen LogP contribution is -3.11. The number of rotatable bonds is 7. The number of carbonyl (C=O) groups is 2. The third-order valence-corrected chi connectivity index (χ3v) is 4.20. The molecule has 0 aliphatic heterocycles. The summed E-state index contributed by atoms with van der Waals surface area (Å²) in [6.07, 6.45) is 0.855. The van der Waals surface area contributed by atoms with Gasteiger partial charge in [-0.3, -0.25) is 9.59 Å². The minimum atomic E-state index is -0.127. The molecule has 132 valence electrons. The molecular formula is C19H23BrN3O2+. The molecule has 0 aliphatic carbocycles. The summed E-state index contributed by atoms with van der Waals surface area (Å²) in [5.41, 5.74) is 2.66. The van der Waals surface area contributed by atoms with Crippen LogP contribution >= 0.6 is 15.9 Å². The summed E-state index contributed by atoms with van der Waals surface area (Å²) in [4.78, 5) is 25.1. The van der Waals surface area contributed by atoms with E-state index in [0.717, 1.165) is 32.7 Å². The molecule has 2 amide bonds. The molecule has 2 aromatic carbocycles. The van der Waals surface area contributed by atoms with Crippen molar-refractivity contribution in [1.29, 1.82) is 0 Å². The molecule has 0 aromatic heterocycles. The van der Waals surface area contributed by atoms with E-state index in [0.29, 0.717) is 0 Å². The number of benzene rings is 2. The first-order valence-corrected chi connectivity index (χ1v) is 9.01. The van der Waals surface area contributed by atoms with E-state index in [2.05, 4.69) is 33.5 Å². The fourth-order valence-corrected chi connectivity index (χ4v) is 2.93. The number of carbonyl (C=O) groups excluding carboxylic acids is 2. The Morgan fingerprint density at radius 1 is 1.00 bits per heavy atom. The predicted molar refractivity (Wildman–Crippen MR) is 104 cm³/mol. The smallest absolute Gasteiger partial charge is 0.279 e. The third-order valence-electron chi connectivity index (χ3n) is 3.71. The molecule has 0 spiro atoms. The van der Waals surface area contributed by atoms with Gasteiger partial charge in [-0.25, -0.2) is 0 Å². The number of hydrogen-bond donors (Lipinski definition) is 3. The highest BCUT2D eigenvalue weighted by Crippen LogP contribution is 2.15. The van der Waals surface area contributed by atoms with Gasteiger partial charge in [-0.1, -0.05) is 47.1 Å². The molecule has 0 bridgehead atoms. The average molecular weight is 405 g/mol. The van der Waals surface area contributed by atoms with E-state index < -0.39 is 0 Å². The molecule has 0 saturated heterocycles. The fourth-order valence-electron chi connectivity index (χ4n) is 2.53. The Bertz CT molecular complexity index is 749. The van der Waals surface area contributed by atoms with Crippen LogP contribution in [-0.4, -0.2) is 32.0 Å². The topological polar surface area (TPSA) is 62.6 Å². The van der Waals surface area contributed by atoms with Gasteiger partial charge in [0, 0.05) is 15.8 Å². The SMILES string of the molecule is CCc1ccccc1NC(=O)C[NH+](C)CC(=O)Nc1cccc(Br)c1.